The lowest BCUT2D eigenvalue weighted by Crippen LogP contribution is -2.31. The molecule has 4 heteroatoms. The summed E-state index contributed by atoms with van der Waals surface area (Å²) in [4.78, 5) is 8.97. The van der Waals surface area contributed by atoms with Crippen LogP contribution >= 0.6 is 0 Å². The molecule has 0 amide bonds. The molecule has 2 rings (SSSR count). The average Bonchev–Trinajstić information content (AvgIpc) is 2.37. The minimum absolute atomic E-state index is 0.545. The van der Waals surface area contributed by atoms with Crippen molar-refractivity contribution in [1.82, 2.24) is 9.97 Å². The molecule has 0 radical (unpaired) electrons. The number of nitrogens with zero attached hydrogens (tertiary/aromatic N) is 2. The highest BCUT2D eigenvalue weighted by Gasteiger charge is 2.25. The van der Waals surface area contributed by atoms with E-state index in [1.807, 2.05) is 14.0 Å². The topological polar surface area (TPSA) is 49.8 Å². The summed E-state index contributed by atoms with van der Waals surface area (Å²) in [5.74, 6) is 4.36. The van der Waals surface area contributed by atoms with Crippen molar-refractivity contribution in [3.63, 3.8) is 0 Å². The van der Waals surface area contributed by atoms with Gasteiger partial charge in [-0.3, -0.25) is 0 Å². The Morgan fingerprint density at radius 3 is 2.32 bits per heavy atom. The molecule has 1 aromatic rings. The molecule has 1 saturated carbocycles. The molecule has 2 N–H and O–H groups in total. The second-order valence-electron chi connectivity index (χ2n) is 5.95. The van der Waals surface area contributed by atoms with E-state index in [1.165, 1.54) is 19.3 Å². The molecule has 1 aliphatic carbocycles. The first-order chi connectivity index (χ1) is 9.01. The van der Waals surface area contributed by atoms with Crippen LogP contribution in [-0.4, -0.2) is 23.1 Å². The number of rotatable bonds is 3. The fraction of sp³-hybridized carbons (Fsp3) is 0.733. The second-order valence-corrected chi connectivity index (χ2v) is 5.95. The Hall–Kier alpha value is -1.32. The van der Waals surface area contributed by atoms with E-state index in [0.29, 0.717) is 6.04 Å². The van der Waals surface area contributed by atoms with Crippen molar-refractivity contribution in [3.8, 4) is 0 Å². The zero-order valence-corrected chi connectivity index (χ0v) is 12.7. The third-order valence-electron chi connectivity index (χ3n) is 4.43. The Balaban J connectivity index is 2.13. The highest BCUT2D eigenvalue weighted by atomic mass is 15.1. The fourth-order valence-electron chi connectivity index (χ4n) is 2.88. The van der Waals surface area contributed by atoms with Crippen LogP contribution in [0.2, 0.25) is 0 Å². The van der Waals surface area contributed by atoms with E-state index in [9.17, 15) is 0 Å². The first-order valence-corrected chi connectivity index (χ1v) is 7.30. The molecule has 0 aliphatic heterocycles. The molecule has 1 aromatic heterocycles. The highest BCUT2D eigenvalue weighted by molar-refractivity contribution is 5.57. The third kappa shape index (κ3) is 3.17. The molecule has 1 aliphatic rings. The lowest BCUT2D eigenvalue weighted by Gasteiger charge is -2.33. The number of aryl methyl sites for hydroxylation is 1. The molecule has 19 heavy (non-hydrogen) atoms. The monoisotopic (exact) mass is 262 g/mol. The number of aromatic nitrogens is 2. The van der Waals surface area contributed by atoms with E-state index in [-0.39, 0.29) is 0 Å². The first-order valence-electron chi connectivity index (χ1n) is 7.30. The summed E-state index contributed by atoms with van der Waals surface area (Å²) in [7, 11) is 1.91. The van der Waals surface area contributed by atoms with Gasteiger partial charge in [-0.2, -0.15) is 0 Å². The smallest absolute Gasteiger partial charge is 0.134 e. The lowest BCUT2D eigenvalue weighted by atomic mass is 9.79. The van der Waals surface area contributed by atoms with Crippen LogP contribution in [0.1, 0.15) is 44.5 Å². The number of anilines is 2. The maximum atomic E-state index is 4.56. The molecule has 3 unspecified atom stereocenters. The zero-order chi connectivity index (χ0) is 14.0. The van der Waals surface area contributed by atoms with Gasteiger partial charge in [0.15, 0.2) is 0 Å². The van der Waals surface area contributed by atoms with Crippen LogP contribution in [0.4, 0.5) is 11.6 Å². The van der Waals surface area contributed by atoms with E-state index >= 15 is 0 Å². The molecule has 0 bridgehead atoms. The lowest BCUT2D eigenvalue weighted by molar-refractivity contribution is 0.260. The fourth-order valence-corrected chi connectivity index (χ4v) is 2.88. The summed E-state index contributed by atoms with van der Waals surface area (Å²) in [5.41, 5.74) is 1.11. The van der Waals surface area contributed by atoms with E-state index in [0.717, 1.165) is 34.9 Å². The van der Waals surface area contributed by atoms with Crippen LogP contribution in [-0.2, 0) is 0 Å². The third-order valence-corrected chi connectivity index (χ3v) is 4.43. The van der Waals surface area contributed by atoms with Crippen molar-refractivity contribution >= 4 is 11.6 Å². The molecular weight excluding hydrogens is 236 g/mol. The van der Waals surface area contributed by atoms with Gasteiger partial charge < -0.3 is 10.6 Å². The van der Waals surface area contributed by atoms with Gasteiger partial charge in [0.1, 0.15) is 17.5 Å². The summed E-state index contributed by atoms with van der Waals surface area (Å²) in [6.45, 7) is 8.73. The van der Waals surface area contributed by atoms with Gasteiger partial charge in [0.25, 0.3) is 0 Å². The largest absolute Gasteiger partial charge is 0.373 e. The van der Waals surface area contributed by atoms with E-state index in [4.69, 9.17) is 0 Å². The van der Waals surface area contributed by atoms with Crippen molar-refractivity contribution in [3.05, 3.63) is 11.4 Å². The molecule has 0 aromatic carbocycles. The first kappa shape index (κ1) is 14.1. The van der Waals surface area contributed by atoms with Crippen LogP contribution in [0.3, 0.4) is 0 Å². The molecule has 3 atom stereocenters. The van der Waals surface area contributed by atoms with Crippen LogP contribution in [0.5, 0.6) is 0 Å². The van der Waals surface area contributed by atoms with Gasteiger partial charge in [0, 0.05) is 18.7 Å². The molecule has 4 nitrogen and oxygen atoms in total. The summed E-state index contributed by atoms with van der Waals surface area (Å²) in [5, 5.41) is 6.76. The van der Waals surface area contributed by atoms with Crippen molar-refractivity contribution in [2.75, 3.05) is 17.7 Å². The summed E-state index contributed by atoms with van der Waals surface area (Å²) >= 11 is 0. The van der Waals surface area contributed by atoms with E-state index < -0.39 is 0 Å². The number of hydrogen-bond acceptors (Lipinski definition) is 4. The molecule has 0 spiro atoms. The standard InChI is InChI=1S/C15H26N4/c1-9-6-7-13(8-10(9)2)19-15-11(3)14(16-5)17-12(4)18-15/h9-10,13H,6-8H2,1-5H3,(H2,16,17,18,19). The normalized spacial score (nSPS) is 27.1. The molecule has 0 saturated heterocycles. The SMILES string of the molecule is CNc1nc(C)nc(NC2CCC(C)C(C)C2)c1C. The summed E-state index contributed by atoms with van der Waals surface area (Å²) < 4.78 is 0. The van der Waals surface area contributed by atoms with Gasteiger partial charge >= 0.3 is 0 Å². The maximum absolute atomic E-state index is 4.56. The number of hydrogen-bond donors (Lipinski definition) is 2. The summed E-state index contributed by atoms with van der Waals surface area (Å²) in [6.07, 6.45) is 3.78. The average molecular weight is 262 g/mol. The van der Waals surface area contributed by atoms with Gasteiger partial charge in [0.05, 0.1) is 0 Å². The second kappa shape index (κ2) is 5.76. The molecular formula is C15H26N4. The van der Waals surface area contributed by atoms with Crippen LogP contribution in [0, 0.1) is 25.7 Å². The van der Waals surface area contributed by atoms with Crippen molar-refractivity contribution in [2.24, 2.45) is 11.8 Å². The Morgan fingerprint density at radius 2 is 1.68 bits per heavy atom. The molecule has 1 heterocycles. The highest BCUT2D eigenvalue weighted by Crippen LogP contribution is 2.31. The van der Waals surface area contributed by atoms with Crippen LogP contribution in [0.25, 0.3) is 0 Å². The Kier molecular flexibility index (Phi) is 4.27. The van der Waals surface area contributed by atoms with Crippen LogP contribution in [0.15, 0.2) is 0 Å². The van der Waals surface area contributed by atoms with Crippen molar-refractivity contribution in [2.45, 2.75) is 53.0 Å². The van der Waals surface area contributed by atoms with Crippen LogP contribution < -0.4 is 10.6 Å². The summed E-state index contributed by atoms with van der Waals surface area (Å²) in [6, 6.07) is 0.545. The zero-order valence-electron chi connectivity index (χ0n) is 12.7. The molecule has 1 fully saturated rings. The van der Waals surface area contributed by atoms with Gasteiger partial charge in [-0.25, -0.2) is 9.97 Å². The quantitative estimate of drug-likeness (QED) is 0.877. The van der Waals surface area contributed by atoms with Gasteiger partial charge in [-0.1, -0.05) is 13.8 Å². The van der Waals surface area contributed by atoms with E-state index in [1.54, 1.807) is 0 Å². The minimum Gasteiger partial charge on any atom is -0.373 e. The van der Waals surface area contributed by atoms with Gasteiger partial charge in [-0.05, 0) is 44.9 Å². The Labute approximate surface area is 116 Å². The Morgan fingerprint density at radius 1 is 1.00 bits per heavy atom. The van der Waals surface area contributed by atoms with Crippen molar-refractivity contribution < 1.29 is 0 Å². The maximum Gasteiger partial charge on any atom is 0.134 e. The predicted octanol–water partition coefficient (Wildman–Crippen LogP) is 3.37. The van der Waals surface area contributed by atoms with E-state index in [2.05, 4.69) is 41.4 Å². The Bertz CT molecular complexity index is 444. The minimum atomic E-state index is 0.545. The number of nitrogens with one attached hydrogen (secondary N) is 2. The van der Waals surface area contributed by atoms with Crippen molar-refractivity contribution in [1.29, 1.82) is 0 Å². The molecule has 106 valence electrons. The van der Waals surface area contributed by atoms with Gasteiger partial charge in [-0.15, -0.1) is 0 Å². The predicted molar refractivity (Wildman–Crippen MR) is 80.6 cm³/mol. The van der Waals surface area contributed by atoms with Gasteiger partial charge in [0.2, 0.25) is 0 Å².